The molecule has 1 rings (SSSR count). The third-order valence-electron chi connectivity index (χ3n) is 2.13. The Kier molecular flexibility index (Phi) is 2.84. The standard InChI is InChI=1S/C7H12F3NO2/c8-7(9,10)2-1-5(11)6(12)3-13-4-6/h5,12H,1-4,11H2. The van der Waals surface area contributed by atoms with Crippen molar-refractivity contribution >= 4 is 0 Å². The van der Waals surface area contributed by atoms with Gasteiger partial charge in [0.15, 0.2) is 0 Å². The van der Waals surface area contributed by atoms with Gasteiger partial charge in [-0.3, -0.25) is 0 Å². The maximum absolute atomic E-state index is 11.8. The van der Waals surface area contributed by atoms with Gasteiger partial charge in [-0.15, -0.1) is 0 Å². The normalized spacial score (nSPS) is 23.8. The Hall–Kier alpha value is -0.330. The van der Waals surface area contributed by atoms with Crippen LogP contribution in [0, 0.1) is 0 Å². The van der Waals surface area contributed by atoms with Gasteiger partial charge in [0.25, 0.3) is 0 Å². The van der Waals surface area contributed by atoms with Crippen molar-refractivity contribution in [2.45, 2.75) is 30.7 Å². The van der Waals surface area contributed by atoms with Crippen LogP contribution < -0.4 is 5.73 Å². The minimum absolute atomic E-state index is 0.0338. The van der Waals surface area contributed by atoms with Crippen LogP contribution >= 0.6 is 0 Å². The van der Waals surface area contributed by atoms with Gasteiger partial charge in [0.05, 0.1) is 13.2 Å². The van der Waals surface area contributed by atoms with Gasteiger partial charge in [-0.25, -0.2) is 0 Å². The summed E-state index contributed by atoms with van der Waals surface area (Å²) in [5.74, 6) is 0. The van der Waals surface area contributed by atoms with Crippen LogP contribution in [0.25, 0.3) is 0 Å². The highest BCUT2D eigenvalue weighted by Crippen LogP contribution is 2.27. The van der Waals surface area contributed by atoms with E-state index in [4.69, 9.17) is 5.73 Å². The Bertz CT molecular complexity index is 179. The van der Waals surface area contributed by atoms with Crippen molar-refractivity contribution in [1.29, 1.82) is 0 Å². The lowest BCUT2D eigenvalue weighted by Crippen LogP contribution is -2.61. The highest BCUT2D eigenvalue weighted by Gasteiger charge is 2.43. The maximum Gasteiger partial charge on any atom is 0.389 e. The fourth-order valence-electron chi connectivity index (χ4n) is 1.11. The molecular formula is C7H12F3NO2. The molecule has 1 unspecified atom stereocenters. The van der Waals surface area contributed by atoms with Crippen molar-refractivity contribution in [2.24, 2.45) is 5.73 Å². The van der Waals surface area contributed by atoms with Crippen molar-refractivity contribution < 1.29 is 23.0 Å². The Morgan fingerprint density at radius 2 is 2.00 bits per heavy atom. The third kappa shape index (κ3) is 2.82. The molecule has 0 aromatic heterocycles. The highest BCUT2D eigenvalue weighted by molar-refractivity contribution is 4.95. The second-order valence-corrected chi connectivity index (χ2v) is 3.36. The molecule has 1 fully saturated rings. The van der Waals surface area contributed by atoms with E-state index in [-0.39, 0.29) is 19.6 Å². The fourth-order valence-corrected chi connectivity index (χ4v) is 1.11. The molecule has 3 N–H and O–H groups in total. The van der Waals surface area contributed by atoms with Gasteiger partial charge in [0.1, 0.15) is 5.60 Å². The second kappa shape index (κ2) is 3.43. The minimum Gasteiger partial charge on any atom is -0.383 e. The van der Waals surface area contributed by atoms with Crippen molar-refractivity contribution in [2.75, 3.05) is 13.2 Å². The molecule has 0 spiro atoms. The van der Waals surface area contributed by atoms with E-state index < -0.39 is 24.2 Å². The summed E-state index contributed by atoms with van der Waals surface area (Å²) >= 11 is 0. The van der Waals surface area contributed by atoms with Crippen LogP contribution in [-0.4, -0.2) is 36.1 Å². The molecule has 1 saturated heterocycles. The lowest BCUT2D eigenvalue weighted by Gasteiger charge is -2.41. The molecule has 1 aliphatic rings. The van der Waals surface area contributed by atoms with Gasteiger partial charge in [0.2, 0.25) is 0 Å². The molecule has 6 heteroatoms. The van der Waals surface area contributed by atoms with Crippen LogP contribution in [0.5, 0.6) is 0 Å². The van der Waals surface area contributed by atoms with Crippen LogP contribution in [-0.2, 0) is 4.74 Å². The summed E-state index contributed by atoms with van der Waals surface area (Å²) in [7, 11) is 0. The first-order valence-corrected chi connectivity index (χ1v) is 3.96. The van der Waals surface area contributed by atoms with E-state index in [1.807, 2.05) is 0 Å². The predicted octanol–water partition coefficient (Wildman–Crippen LogP) is 0.418. The zero-order valence-corrected chi connectivity index (χ0v) is 6.97. The molecule has 0 radical (unpaired) electrons. The lowest BCUT2D eigenvalue weighted by molar-refractivity contribution is -0.196. The van der Waals surface area contributed by atoms with Crippen LogP contribution in [0.15, 0.2) is 0 Å². The Morgan fingerprint density at radius 3 is 2.31 bits per heavy atom. The van der Waals surface area contributed by atoms with E-state index in [1.165, 1.54) is 0 Å². The monoisotopic (exact) mass is 199 g/mol. The molecule has 1 aliphatic heterocycles. The predicted molar refractivity (Wildman–Crippen MR) is 39.0 cm³/mol. The number of nitrogens with two attached hydrogens (primary N) is 1. The van der Waals surface area contributed by atoms with E-state index in [2.05, 4.69) is 4.74 Å². The van der Waals surface area contributed by atoms with Crippen LogP contribution in [0.4, 0.5) is 13.2 Å². The zero-order valence-electron chi connectivity index (χ0n) is 6.97. The zero-order chi connectivity index (χ0) is 10.1. The van der Waals surface area contributed by atoms with E-state index >= 15 is 0 Å². The Labute approximate surface area is 73.7 Å². The van der Waals surface area contributed by atoms with Crippen molar-refractivity contribution in [3.8, 4) is 0 Å². The van der Waals surface area contributed by atoms with Gasteiger partial charge in [-0.1, -0.05) is 0 Å². The summed E-state index contributed by atoms with van der Waals surface area (Å²) in [6, 6.07) is -0.858. The van der Waals surface area contributed by atoms with Crippen LogP contribution in [0.2, 0.25) is 0 Å². The molecule has 0 aliphatic carbocycles. The number of rotatable bonds is 3. The largest absolute Gasteiger partial charge is 0.389 e. The minimum atomic E-state index is -4.21. The topological polar surface area (TPSA) is 55.5 Å². The molecule has 13 heavy (non-hydrogen) atoms. The first kappa shape index (κ1) is 10.7. The van der Waals surface area contributed by atoms with E-state index in [1.54, 1.807) is 0 Å². The summed E-state index contributed by atoms with van der Waals surface area (Å²) < 4.78 is 40.0. The number of aliphatic hydroxyl groups is 1. The molecule has 0 saturated carbocycles. The average molecular weight is 199 g/mol. The SMILES string of the molecule is NC(CCC(F)(F)F)C1(O)COC1. The van der Waals surface area contributed by atoms with Crippen molar-refractivity contribution in [3.63, 3.8) is 0 Å². The molecule has 1 heterocycles. The van der Waals surface area contributed by atoms with Crippen molar-refractivity contribution in [1.82, 2.24) is 0 Å². The molecule has 3 nitrogen and oxygen atoms in total. The van der Waals surface area contributed by atoms with Crippen LogP contribution in [0.1, 0.15) is 12.8 Å². The van der Waals surface area contributed by atoms with Gasteiger partial charge in [-0.05, 0) is 6.42 Å². The fraction of sp³-hybridized carbons (Fsp3) is 1.00. The average Bonchev–Trinajstić information content (AvgIpc) is 1.94. The summed E-state index contributed by atoms with van der Waals surface area (Å²) in [6.07, 6.45) is -5.43. The molecule has 0 aromatic rings. The van der Waals surface area contributed by atoms with Crippen LogP contribution in [0.3, 0.4) is 0 Å². The van der Waals surface area contributed by atoms with Gasteiger partial charge < -0.3 is 15.6 Å². The second-order valence-electron chi connectivity index (χ2n) is 3.36. The first-order valence-electron chi connectivity index (χ1n) is 3.96. The summed E-state index contributed by atoms with van der Waals surface area (Å²) in [4.78, 5) is 0. The number of halogens is 3. The number of hydrogen-bond donors (Lipinski definition) is 2. The molecule has 0 bridgehead atoms. The molecule has 0 aromatic carbocycles. The number of ether oxygens (including phenoxy) is 1. The highest BCUT2D eigenvalue weighted by atomic mass is 19.4. The molecule has 1 atom stereocenters. The molecule has 0 amide bonds. The quantitative estimate of drug-likeness (QED) is 0.692. The van der Waals surface area contributed by atoms with E-state index in [0.29, 0.717) is 0 Å². The summed E-state index contributed by atoms with van der Waals surface area (Å²) in [5.41, 5.74) is 4.15. The van der Waals surface area contributed by atoms with Gasteiger partial charge in [0, 0.05) is 12.5 Å². The van der Waals surface area contributed by atoms with Gasteiger partial charge >= 0.3 is 6.18 Å². The summed E-state index contributed by atoms with van der Waals surface area (Å²) in [5, 5.41) is 9.46. The Morgan fingerprint density at radius 1 is 1.46 bits per heavy atom. The third-order valence-corrected chi connectivity index (χ3v) is 2.13. The smallest absolute Gasteiger partial charge is 0.383 e. The van der Waals surface area contributed by atoms with Gasteiger partial charge in [-0.2, -0.15) is 13.2 Å². The first-order chi connectivity index (χ1) is 5.83. The van der Waals surface area contributed by atoms with E-state index in [0.717, 1.165) is 0 Å². The van der Waals surface area contributed by atoms with Crippen molar-refractivity contribution in [3.05, 3.63) is 0 Å². The number of alkyl halides is 3. The maximum atomic E-state index is 11.8. The number of hydrogen-bond acceptors (Lipinski definition) is 3. The Balaban J connectivity index is 2.29. The lowest BCUT2D eigenvalue weighted by atomic mass is 9.90. The summed E-state index contributed by atoms with van der Waals surface area (Å²) in [6.45, 7) is 0.0675. The molecular weight excluding hydrogens is 187 g/mol. The molecule has 78 valence electrons. The van der Waals surface area contributed by atoms with E-state index in [9.17, 15) is 18.3 Å².